The van der Waals surface area contributed by atoms with Gasteiger partial charge in [0.15, 0.2) is 0 Å². The predicted molar refractivity (Wildman–Crippen MR) is 99.1 cm³/mol. The molecular formula is C19H20ClN3O3. The summed E-state index contributed by atoms with van der Waals surface area (Å²) >= 11 is 5.90. The van der Waals surface area contributed by atoms with Gasteiger partial charge in [0.1, 0.15) is 6.04 Å². The molecule has 0 saturated carbocycles. The molecule has 1 aliphatic heterocycles. The number of nitro groups is 1. The highest BCUT2D eigenvalue weighted by Gasteiger charge is 2.26. The van der Waals surface area contributed by atoms with E-state index in [1.165, 1.54) is 35.6 Å². The van der Waals surface area contributed by atoms with E-state index in [0.717, 1.165) is 19.2 Å². The molecule has 136 valence electrons. The van der Waals surface area contributed by atoms with Gasteiger partial charge in [-0.15, -0.1) is 0 Å². The number of nitro benzene ring substituents is 1. The van der Waals surface area contributed by atoms with Gasteiger partial charge in [-0.05, 0) is 17.4 Å². The molecule has 1 fully saturated rings. The number of likely N-dealkylation sites (tertiary alicyclic amines) is 1. The van der Waals surface area contributed by atoms with Gasteiger partial charge in [0.2, 0.25) is 0 Å². The van der Waals surface area contributed by atoms with E-state index < -0.39 is 16.4 Å². The summed E-state index contributed by atoms with van der Waals surface area (Å²) in [6.45, 7) is 2.72. The lowest BCUT2D eigenvalue weighted by Crippen LogP contribution is -3.10. The molecule has 7 heteroatoms. The van der Waals surface area contributed by atoms with E-state index >= 15 is 0 Å². The Kier molecular flexibility index (Phi) is 5.85. The fourth-order valence-electron chi connectivity index (χ4n) is 3.42. The molecule has 6 nitrogen and oxygen atoms in total. The fraction of sp³-hybridized carbons (Fsp3) is 0.316. The van der Waals surface area contributed by atoms with Crippen LogP contribution in [0, 0.1) is 10.1 Å². The minimum atomic E-state index is -0.716. The van der Waals surface area contributed by atoms with E-state index in [4.69, 9.17) is 11.6 Å². The molecule has 1 N–H and O–H groups in total. The van der Waals surface area contributed by atoms with E-state index in [-0.39, 0.29) is 16.6 Å². The summed E-state index contributed by atoms with van der Waals surface area (Å²) < 4.78 is 0. The van der Waals surface area contributed by atoms with Crippen molar-refractivity contribution < 1.29 is 14.9 Å². The minimum Gasteiger partial charge on any atom is -0.867 e. The number of aliphatic imine (C=N–C) groups is 1. The second-order valence-corrected chi connectivity index (χ2v) is 6.86. The number of nitrogens with zero attached hydrogens (tertiary/aromatic N) is 2. The van der Waals surface area contributed by atoms with Crippen LogP contribution < -0.4 is 10.0 Å². The van der Waals surface area contributed by atoms with Crippen LogP contribution >= 0.6 is 11.6 Å². The van der Waals surface area contributed by atoms with Gasteiger partial charge in [-0.3, -0.25) is 15.1 Å². The first-order valence-corrected chi connectivity index (χ1v) is 8.98. The molecule has 0 aromatic heterocycles. The summed E-state index contributed by atoms with van der Waals surface area (Å²) in [4.78, 5) is 16.2. The number of quaternary nitrogens is 1. The van der Waals surface area contributed by atoms with E-state index in [1.807, 2.05) is 18.2 Å². The number of benzene rings is 2. The molecule has 3 rings (SSSR count). The Morgan fingerprint density at radius 2 is 1.92 bits per heavy atom. The number of halogens is 1. The first-order valence-electron chi connectivity index (χ1n) is 8.60. The molecule has 1 heterocycles. The van der Waals surface area contributed by atoms with Gasteiger partial charge in [0.05, 0.1) is 24.6 Å². The molecule has 0 unspecified atom stereocenters. The third-order valence-corrected chi connectivity index (χ3v) is 4.94. The summed E-state index contributed by atoms with van der Waals surface area (Å²) in [7, 11) is 0. The van der Waals surface area contributed by atoms with Gasteiger partial charge in [-0.25, -0.2) is 0 Å². The van der Waals surface area contributed by atoms with Gasteiger partial charge >= 0.3 is 0 Å². The van der Waals surface area contributed by atoms with Crippen LogP contribution in [0.5, 0.6) is 5.75 Å². The Hall–Kier alpha value is -2.44. The normalized spacial score (nSPS) is 16.2. The van der Waals surface area contributed by atoms with Crippen LogP contribution in [0.15, 0.2) is 47.5 Å². The molecule has 0 aliphatic carbocycles. The molecule has 2 aromatic rings. The Morgan fingerprint density at radius 1 is 1.23 bits per heavy atom. The minimum absolute atomic E-state index is 0.146. The van der Waals surface area contributed by atoms with E-state index in [0.29, 0.717) is 6.54 Å². The zero-order valence-corrected chi connectivity index (χ0v) is 15.0. The molecule has 26 heavy (non-hydrogen) atoms. The standard InChI is InChI=1S/C19H20ClN3O3/c20-16-10-15(19(24)17(11-16)23(25)26)12-21-13-18(22-8-4-5-9-22)14-6-2-1-3-7-14/h1-3,6-7,10-12,18,24H,4-5,8-9,13H2/t18-/m0/s1. The van der Waals surface area contributed by atoms with Crippen LogP contribution in [-0.4, -0.2) is 30.8 Å². The van der Waals surface area contributed by atoms with Crippen LogP contribution in [0.4, 0.5) is 5.69 Å². The van der Waals surface area contributed by atoms with Crippen molar-refractivity contribution in [2.75, 3.05) is 19.6 Å². The number of rotatable bonds is 6. The monoisotopic (exact) mass is 373 g/mol. The van der Waals surface area contributed by atoms with Gasteiger partial charge < -0.3 is 10.0 Å². The first-order chi connectivity index (χ1) is 12.6. The van der Waals surface area contributed by atoms with E-state index in [1.54, 1.807) is 0 Å². The van der Waals surface area contributed by atoms with Crippen molar-refractivity contribution in [2.45, 2.75) is 18.9 Å². The first kappa shape index (κ1) is 18.4. The van der Waals surface area contributed by atoms with Crippen molar-refractivity contribution in [3.63, 3.8) is 0 Å². The topological polar surface area (TPSA) is 83.0 Å². The summed E-state index contributed by atoms with van der Waals surface area (Å²) in [5.41, 5.74) is 0.831. The molecule has 0 amide bonds. The van der Waals surface area contributed by atoms with Crippen molar-refractivity contribution in [3.8, 4) is 5.75 Å². The Morgan fingerprint density at radius 3 is 2.58 bits per heavy atom. The van der Waals surface area contributed by atoms with Gasteiger partial charge in [0, 0.05) is 35.7 Å². The molecule has 1 saturated heterocycles. The third kappa shape index (κ3) is 4.20. The number of hydrogen-bond acceptors (Lipinski definition) is 4. The van der Waals surface area contributed by atoms with Crippen molar-refractivity contribution in [1.82, 2.24) is 0 Å². The van der Waals surface area contributed by atoms with Gasteiger partial charge in [0.25, 0.3) is 5.69 Å². The fourth-order valence-corrected chi connectivity index (χ4v) is 3.64. The highest BCUT2D eigenvalue weighted by molar-refractivity contribution is 6.31. The summed E-state index contributed by atoms with van der Waals surface area (Å²) in [5.74, 6) is -0.659. The Bertz CT molecular complexity index is 805. The van der Waals surface area contributed by atoms with E-state index in [9.17, 15) is 15.2 Å². The molecule has 0 bridgehead atoms. The average molecular weight is 374 g/mol. The van der Waals surface area contributed by atoms with Crippen LogP contribution in [-0.2, 0) is 0 Å². The summed E-state index contributed by atoms with van der Waals surface area (Å²) in [6.07, 6.45) is 3.81. The lowest BCUT2D eigenvalue weighted by atomic mass is 10.1. The van der Waals surface area contributed by atoms with Crippen LogP contribution in [0.1, 0.15) is 30.0 Å². The summed E-state index contributed by atoms with van der Waals surface area (Å²) in [6, 6.07) is 12.9. The predicted octanol–water partition coefficient (Wildman–Crippen LogP) is 2.16. The number of hydrogen-bond donors (Lipinski definition) is 1. The molecule has 0 spiro atoms. The molecule has 2 aromatic carbocycles. The molecule has 0 radical (unpaired) electrons. The second-order valence-electron chi connectivity index (χ2n) is 6.42. The van der Waals surface area contributed by atoms with Crippen molar-refractivity contribution in [3.05, 3.63) is 68.7 Å². The highest BCUT2D eigenvalue weighted by Crippen LogP contribution is 2.30. The van der Waals surface area contributed by atoms with Gasteiger partial charge in [-0.2, -0.15) is 0 Å². The maximum absolute atomic E-state index is 12.2. The average Bonchev–Trinajstić information content (AvgIpc) is 3.16. The SMILES string of the molecule is O=[N+]([O-])c1cc(Cl)cc(C=NC[C@@H](c2ccccc2)[NH+]2CCCC2)c1[O-]. The molecular weight excluding hydrogens is 354 g/mol. The second kappa shape index (κ2) is 8.29. The maximum Gasteiger partial charge on any atom is 0.263 e. The van der Waals surface area contributed by atoms with Crippen LogP contribution in [0.25, 0.3) is 0 Å². The van der Waals surface area contributed by atoms with Crippen LogP contribution in [0.2, 0.25) is 5.02 Å². The molecule has 1 aliphatic rings. The van der Waals surface area contributed by atoms with Crippen molar-refractivity contribution in [2.24, 2.45) is 4.99 Å². The van der Waals surface area contributed by atoms with E-state index in [2.05, 4.69) is 17.1 Å². The number of nitrogens with one attached hydrogen (secondary N) is 1. The Labute approximate surface area is 156 Å². The quantitative estimate of drug-likeness (QED) is 0.478. The highest BCUT2D eigenvalue weighted by atomic mass is 35.5. The lowest BCUT2D eigenvalue weighted by molar-refractivity contribution is -0.918. The van der Waals surface area contributed by atoms with Crippen LogP contribution in [0.3, 0.4) is 0 Å². The Balaban J connectivity index is 1.82. The zero-order valence-electron chi connectivity index (χ0n) is 14.2. The zero-order chi connectivity index (χ0) is 18.5. The smallest absolute Gasteiger partial charge is 0.263 e. The lowest BCUT2D eigenvalue weighted by Gasteiger charge is -2.23. The summed E-state index contributed by atoms with van der Waals surface area (Å²) in [5, 5.41) is 23.3. The third-order valence-electron chi connectivity index (χ3n) is 4.72. The largest absolute Gasteiger partial charge is 0.867 e. The molecule has 1 atom stereocenters. The van der Waals surface area contributed by atoms with Gasteiger partial charge in [-0.1, -0.05) is 41.9 Å². The maximum atomic E-state index is 12.2. The van der Waals surface area contributed by atoms with Crippen molar-refractivity contribution >= 4 is 23.5 Å². The van der Waals surface area contributed by atoms with Crippen molar-refractivity contribution in [1.29, 1.82) is 0 Å².